The summed E-state index contributed by atoms with van der Waals surface area (Å²) >= 11 is 0. The molecule has 1 N–H and O–H groups in total. The van der Waals surface area contributed by atoms with Gasteiger partial charge < -0.3 is 9.63 Å². The summed E-state index contributed by atoms with van der Waals surface area (Å²) in [4.78, 5) is 18.0. The van der Waals surface area contributed by atoms with E-state index in [-0.39, 0.29) is 11.8 Å². The zero-order chi connectivity index (χ0) is 14.9. The second-order valence-electron chi connectivity index (χ2n) is 6.28. The molecule has 1 atom stereocenters. The van der Waals surface area contributed by atoms with Crippen LogP contribution in [0.25, 0.3) is 0 Å². The van der Waals surface area contributed by atoms with E-state index in [1.54, 1.807) is 0 Å². The fourth-order valence-electron chi connectivity index (χ4n) is 2.71. The fourth-order valence-corrected chi connectivity index (χ4v) is 2.71. The number of rotatable bonds is 5. The van der Waals surface area contributed by atoms with Crippen molar-refractivity contribution in [2.45, 2.75) is 46.6 Å². The molecule has 0 aliphatic carbocycles. The molecule has 6 heteroatoms. The maximum absolute atomic E-state index is 11.6. The van der Waals surface area contributed by atoms with E-state index < -0.39 is 11.4 Å². The third-order valence-electron chi connectivity index (χ3n) is 4.25. The van der Waals surface area contributed by atoms with Crippen molar-refractivity contribution in [3.05, 3.63) is 11.7 Å². The second kappa shape index (κ2) is 5.52. The molecule has 1 saturated heterocycles. The molecule has 2 rings (SSSR count). The SMILES string of the molecule is CC(C)c1nc(CN2CCC(C(=O)O)(C(C)C)C2)no1. The number of hydrogen-bond donors (Lipinski definition) is 1. The third-order valence-corrected chi connectivity index (χ3v) is 4.25. The predicted octanol–water partition coefficient (Wildman–Crippen LogP) is 2.13. The molecule has 20 heavy (non-hydrogen) atoms. The van der Waals surface area contributed by atoms with E-state index in [1.807, 2.05) is 27.7 Å². The Labute approximate surface area is 119 Å². The maximum Gasteiger partial charge on any atom is 0.311 e. The van der Waals surface area contributed by atoms with Crippen molar-refractivity contribution in [2.24, 2.45) is 11.3 Å². The first-order chi connectivity index (χ1) is 9.35. The Morgan fingerprint density at radius 2 is 2.15 bits per heavy atom. The second-order valence-corrected chi connectivity index (χ2v) is 6.28. The molecule has 1 aliphatic rings. The highest BCUT2D eigenvalue weighted by atomic mass is 16.5. The molecule has 0 aromatic carbocycles. The van der Waals surface area contributed by atoms with E-state index in [1.165, 1.54) is 0 Å². The molecule has 2 heterocycles. The normalized spacial score (nSPS) is 23.9. The van der Waals surface area contributed by atoms with Crippen molar-refractivity contribution < 1.29 is 14.4 Å². The zero-order valence-electron chi connectivity index (χ0n) is 12.6. The van der Waals surface area contributed by atoms with E-state index >= 15 is 0 Å². The molecule has 112 valence electrons. The lowest BCUT2D eigenvalue weighted by Gasteiger charge is -2.28. The van der Waals surface area contributed by atoms with Crippen molar-refractivity contribution >= 4 is 5.97 Å². The topological polar surface area (TPSA) is 79.5 Å². The van der Waals surface area contributed by atoms with Gasteiger partial charge in [-0.1, -0.05) is 32.9 Å². The van der Waals surface area contributed by atoms with Gasteiger partial charge in [-0.2, -0.15) is 4.98 Å². The van der Waals surface area contributed by atoms with Crippen LogP contribution in [-0.4, -0.2) is 39.2 Å². The highest BCUT2D eigenvalue weighted by molar-refractivity contribution is 5.75. The van der Waals surface area contributed by atoms with Gasteiger partial charge in [0.2, 0.25) is 5.89 Å². The van der Waals surface area contributed by atoms with Gasteiger partial charge in [-0.15, -0.1) is 0 Å². The highest BCUT2D eigenvalue weighted by Gasteiger charge is 2.47. The van der Waals surface area contributed by atoms with Gasteiger partial charge in [-0.25, -0.2) is 0 Å². The molecular weight excluding hydrogens is 258 g/mol. The van der Waals surface area contributed by atoms with E-state index in [4.69, 9.17) is 4.52 Å². The Balaban J connectivity index is 2.04. The summed E-state index contributed by atoms with van der Waals surface area (Å²) < 4.78 is 5.18. The van der Waals surface area contributed by atoms with Crippen LogP contribution in [0.4, 0.5) is 0 Å². The molecule has 0 amide bonds. The zero-order valence-corrected chi connectivity index (χ0v) is 12.6. The van der Waals surface area contributed by atoms with Crippen molar-refractivity contribution in [3.8, 4) is 0 Å². The van der Waals surface area contributed by atoms with E-state index in [0.29, 0.717) is 31.2 Å². The molecule has 6 nitrogen and oxygen atoms in total. The molecule has 1 fully saturated rings. The summed E-state index contributed by atoms with van der Waals surface area (Å²) in [6.07, 6.45) is 0.675. The average molecular weight is 281 g/mol. The van der Waals surface area contributed by atoms with Crippen LogP contribution in [0.3, 0.4) is 0 Å². The van der Waals surface area contributed by atoms with Crippen LogP contribution >= 0.6 is 0 Å². The summed E-state index contributed by atoms with van der Waals surface area (Å²) in [5.74, 6) is 0.891. The van der Waals surface area contributed by atoms with Crippen LogP contribution in [0.5, 0.6) is 0 Å². The van der Waals surface area contributed by atoms with Crippen LogP contribution in [0.1, 0.15) is 51.7 Å². The first kappa shape index (κ1) is 15.0. The summed E-state index contributed by atoms with van der Waals surface area (Å²) in [6.45, 7) is 9.81. The Morgan fingerprint density at radius 1 is 1.45 bits per heavy atom. The Kier molecular flexibility index (Phi) is 4.13. The monoisotopic (exact) mass is 281 g/mol. The summed E-state index contributed by atoms with van der Waals surface area (Å²) in [5.41, 5.74) is -0.648. The minimum atomic E-state index is -0.703. The van der Waals surface area contributed by atoms with E-state index in [9.17, 15) is 9.90 Å². The lowest BCUT2D eigenvalue weighted by molar-refractivity contribution is -0.151. The summed E-state index contributed by atoms with van der Waals surface area (Å²) in [6, 6.07) is 0. The van der Waals surface area contributed by atoms with Gasteiger partial charge in [0.05, 0.1) is 12.0 Å². The summed E-state index contributed by atoms with van der Waals surface area (Å²) in [7, 11) is 0. The molecular formula is C14H23N3O3. The Morgan fingerprint density at radius 3 is 2.60 bits per heavy atom. The lowest BCUT2D eigenvalue weighted by Crippen LogP contribution is -2.39. The van der Waals surface area contributed by atoms with Gasteiger partial charge in [-0.3, -0.25) is 9.69 Å². The molecule has 0 bridgehead atoms. The standard InChI is InChI=1S/C14H23N3O3/c1-9(2)12-15-11(16-20-12)7-17-6-5-14(8-17,10(3)4)13(18)19/h9-10H,5-8H2,1-4H3,(H,18,19). The van der Waals surface area contributed by atoms with Gasteiger partial charge in [0.15, 0.2) is 5.82 Å². The number of hydrogen-bond acceptors (Lipinski definition) is 5. The summed E-state index contributed by atoms with van der Waals surface area (Å²) in [5, 5.41) is 13.5. The van der Waals surface area contributed by atoms with Crippen LogP contribution in [0.2, 0.25) is 0 Å². The number of nitrogens with zero attached hydrogens (tertiary/aromatic N) is 3. The highest BCUT2D eigenvalue weighted by Crippen LogP contribution is 2.38. The minimum Gasteiger partial charge on any atom is -0.481 e. The first-order valence-electron chi connectivity index (χ1n) is 7.13. The van der Waals surface area contributed by atoms with Crippen LogP contribution in [-0.2, 0) is 11.3 Å². The molecule has 0 saturated carbocycles. The molecule has 1 unspecified atom stereocenters. The number of aliphatic carboxylic acids is 1. The number of likely N-dealkylation sites (tertiary alicyclic amines) is 1. The van der Waals surface area contributed by atoms with Gasteiger partial charge in [0.1, 0.15) is 0 Å². The van der Waals surface area contributed by atoms with E-state index in [0.717, 1.165) is 6.54 Å². The third kappa shape index (κ3) is 2.70. The number of carboxylic acid groups (broad SMARTS) is 1. The molecule has 1 aromatic rings. The largest absolute Gasteiger partial charge is 0.481 e. The quantitative estimate of drug-likeness (QED) is 0.890. The molecule has 0 radical (unpaired) electrons. The Bertz CT molecular complexity index is 484. The number of aromatic nitrogens is 2. The van der Waals surface area contributed by atoms with Crippen LogP contribution < -0.4 is 0 Å². The predicted molar refractivity (Wildman–Crippen MR) is 73.2 cm³/mol. The van der Waals surface area contributed by atoms with Gasteiger partial charge >= 0.3 is 5.97 Å². The Hall–Kier alpha value is -1.43. The molecule has 1 aliphatic heterocycles. The van der Waals surface area contributed by atoms with Crippen LogP contribution in [0.15, 0.2) is 4.52 Å². The smallest absolute Gasteiger partial charge is 0.311 e. The van der Waals surface area contributed by atoms with Gasteiger partial charge in [0.25, 0.3) is 0 Å². The molecule has 0 spiro atoms. The number of carboxylic acids is 1. The van der Waals surface area contributed by atoms with Crippen molar-refractivity contribution in [1.82, 2.24) is 15.0 Å². The van der Waals surface area contributed by atoms with Gasteiger partial charge in [0, 0.05) is 12.5 Å². The fraction of sp³-hybridized carbons (Fsp3) is 0.786. The van der Waals surface area contributed by atoms with E-state index in [2.05, 4.69) is 15.0 Å². The van der Waals surface area contributed by atoms with Crippen LogP contribution in [0, 0.1) is 11.3 Å². The lowest BCUT2D eigenvalue weighted by atomic mass is 9.76. The maximum atomic E-state index is 11.6. The molecule has 1 aromatic heterocycles. The van der Waals surface area contributed by atoms with Gasteiger partial charge in [-0.05, 0) is 18.9 Å². The first-order valence-corrected chi connectivity index (χ1v) is 7.13. The minimum absolute atomic E-state index is 0.112. The van der Waals surface area contributed by atoms with Crippen molar-refractivity contribution in [3.63, 3.8) is 0 Å². The number of carbonyl (C=O) groups is 1. The average Bonchev–Trinajstić information content (AvgIpc) is 2.96. The van der Waals surface area contributed by atoms with Crippen molar-refractivity contribution in [2.75, 3.05) is 13.1 Å². The van der Waals surface area contributed by atoms with Crippen molar-refractivity contribution in [1.29, 1.82) is 0 Å².